The first-order chi connectivity index (χ1) is 14.4. The fourth-order valence-corrected chi connectivity index (χ4v) is 2.74. The van der Waals surface area contributed by atoms with Gasteiger partial charge in [0.25, 0.3) is 11.8 Å². The van der Waals surface area contributed by atoms with Gasteiger partial charge >= 0.3 is 0 Å². The van der Waals surface area contributed by atoms with E-state index in [1.165, 1.54) is 13.2 Å². The molecular formula is C21H19Cl2N3O4. The minimum atomic E-state index is -0.641. The Kier molecular flexibility index (Phi) is 8.54. The Morgan fingerprint density at radius 3 is 2.63 bits per heavy atom. The molecule has 0 saturated carbocycles. The van der Waals surface area contributed by atoms with Crippen LogP contribution >= 0.6 is 23.2 Å². The SMILES string of the molecule is CCNC(=O)COc1ccc(/C=C(\C#N)C(=O)Nc2cccc(Cl)c2Cl)cc1OC. The normalized spacial score (nSPS) is 10.7. The summed E-state index contributed by atoms with van der Waals surface area (Å²) in [5.74, 6) is -0.193. The van der Waals surface area contributed by atoms with Crippen molar-refractivity contribution in [3.05, 3.63) is 57.6 Å². The molecule has 9 heteroatoms. The number of methoxy groups -OCH3 is 1. The molecule has 0 aliphatic carbocycles. The molecule has 0 atom stereocenters. The maximum atomic E-state index is 12.5. The van der Waals surface area contributed by atoms with Gasteiger partial charge in [-0.1, -0.05) is 35.3 Å². The Labute approximate surface area is 184 Å². The topological polar surface area (TPSA) is 100 Å². The average molecular weight is 448 g/mol. The lowest BCUT2D eigenvalue weighted by Gasteiger charge is -2.11. The Hall–Kier alpha value is -3.21. The van der Waals surface area contributed by atoms with Crippen molar-refractivity contribution in [1.29, 1.82) is 5.26 Å². The summed E-state index contributed by atoms with van der Waals surface area (Å²) in [5, 5.41) is 15.0. The van der Waals surface area contributed by atoms with Crippen molar-refractivity contribution in [3.63, 3.8) is 0 Å². The maximum Gasteiger partial charge on any atom is 0.266 e. The van der Waals surface area contributed by atoms with Crippen molar-refractivity contribution in [2.75, 3.05) is 25.6 Å². The van der Waals surface area contributed by atoms with E-state index >= 15 is 0 Å². The molecule has 0 aromatic heterocycles. The lowest BCUT2D eigenvalue weighted by Crippen LogP contribution is -2.28. The van der Waals surface area contributed by atoms with Crippen molar-refractivity contribution in [1.82, 2.24) is 5.32 Å². The summed E-state index contributed by atoms with van der Waals surface area (Å²) in [5.41, 5.74) is 0.673. The highest BCUT2D eigenvalue weighted by Crippen LogP contribution is 2.31. The van der Waals surface area contributed by atoms with E-state index in [2.05, 4.69) is 10.6 Å². The standard InChI is InChI=1S/C21H19Cl2N3O4/c1-3-25-19(27)12-30-17-8-7-13(10-18(17)29-2)9-14(11-24)21(28)26-16-6-4-5-15(22)20(16)23/h4-10H,3,12H2,1-2H3,(H,25,27)(H,26,28)/b14-9+. The highest BCUT2D eigenvalue weighted by Gasteiger charge is 2.14. The number of nitrogens with one attached hydrogen (secondary N) is 2. The molecule has 0 aliphatic heterocycles. The van der Waals surface area contributed by atoms with Gasteiger partial charge in [-0.05, 0) is 42.8 Å². The second-order valence-corrected chi connectivity index (χ2v) is 6.66. The van der Waals surface area contributed by atoms with E-state index in [0.717, 1.165) is 0 Å². The van der Waals surface area contributed by atoms with Crippen LogP contribution in [-0.2, 0) is 9.59 Å². The minimum absolute atomic E-state index is 0.149. The van der Waals surface area contributed by atoms with Crippen LogP contribution in [0, 0.1) is 11.3 Å². The molecule has 2 amide bonds. The fraction of sp³-hybridized carbons (Fsp3) is 0.190. The molecule has 0 bridgehead atoms. The van der Waals surface area contributed by atoms with Crippen molar-refractivity contribution in [2.24, 2.45) is 0 Å². The largest absolute Gasteiger partial charge is 0.493 e. The Balaban J connectivity index is 2.20. The summed E-state index contributed by atoms with van der Waals surface area (Å²) in [6.45, 7) is 2.15. The lowest BCUT2D eigenvalue weighted by molar-refractivity contribution is -0.123. The molecule has 2 rings (SSSR count). The number of benzene rings is 2. The number of nitrogens with zero attached hydrogens (tertiary/aromatic N) is 1. The van der Waals surface area contributed by atoms with Crippen LogP contribution < -0.4 is 20.1 Å². The molecule has 0 heterocycles. The zero-order valence-corrected chi connectivity index (χ0v) is 17.8. The monoisotopic (exact) mass is 447 g/mol. The first kappa shape index (κ1) is 23.1. The second kappa shape index (κ2) is 11.1. The van der Waals surface area contributed by atoms with Gasteiger partial charge in [-0.3, -0.25) is 9.59 Å². The van der Waals surface area contributed by atoms with Crippen LogP contribution in [0.4, 0.5) is 5.69 Å². The quantitative estimate of drug-likeness (QED) is 0.469. The molecule has 0 spiro atoms. The predicted octanol–water partition coefficient (Wildman–Crippen LogP) is 4.06. The molecule has 0 saturated heterocycles. The number of hydrogen-bond acceptors (Lipinski definition) is 5. The number of ether oxygens (including phenoxy) is 2. The molecule has 2 aromatic carbocycles. The highest BCUT2D eigenvalue weighted by atomic mass is 35.5. The number of amides is 2. The van der Waals surface area contributed by atoms with Crippen LogP contribution in [0.1, 0.15) is 12.5 Å². The van der Waals surface area contributed by atoms with Crippen molar-refractivity contribution in [2.45, 2.75) is 6.92 Å². The second-order valence-electron chi connectivity index (χ2n) is 5.88. The average Bonchev–Trinajstić information content (AvgIpc) is 2.74. The zero-order chi connectivity index (χ0) is 22.1. The number of likely N-dealkylation sites (N-methyl/N-ethyl adjacent to an activating group) is 1. The van der Waals surface area contributed by atoms with Gasteiger partial charge in [0.1, 0.15) is 11.6 Å². The van der Waals surface area contributed by atoms with Crippen LogP contribution in [-0.4, -0.2) is 32.1 Å². The fourth-order valence-electron chi connectivity index (χ4n) is 2.39. The number of anilines is 1. The van der Waals surface area contributed by atoms with Crippen LogP contribution in [0.15, 0.2) is 42.0 Å². The van der Waals surface area contributed by atoms with Gasteiger partial charge in [0.15, 0.2) is 18.1 Å². The zero-order valence-electron chi connectivity index (χ0n) is 16.3. The van der Waals surface area contributed by atoms with E-state index in [-0.39, 0.29) is 28.1 Å². The van der Waals surface area contributed by atoms with Crippen LogP contribution in [0.5, 0.6) is 11.5 Å². The number of carbonyl (C=O) groups excluding carboxylic acids is 2. The molecule has 0 radical (unpaired) electrons. The predicted molar refractivity (Wildman–Crippen MR) is 116 cm³/mol. The Bertz CT molecular complexity index is 1020. The van der Waals surface area contributed by atoms with E-state index < -0.39 is 5.91 Å². The van der Waals surface area contributed by atoms with Crippen molar-refractivity contribution in [3.8, 4) is 17.6 Å². The van der Waals surface area contributed by atoms with Gasteiger partial charge in [-0.15, -0.1) is 0 Å². The number of rotatable bonds is 8. The third-order valence-electron chi connectivity index (χ3n) is 3.80. The van der Waals surface area contributed by atoms with Crippen molar-refractivity contribution < 1.29 is 19.1 Å². The molecule has 2 N–H and O–H groups in total. The van der Waals surface area contributed by atoms with Crippen LogP contribution in [0.3, 0.4) is 0 Å². The molecule has 30 heavy (non-hydrogen) atoms. The van der Waals surface area contributed by atoms with Gasteiger partial charge in [-0.2, -0.15) is 5.26 Å². The first-order valence-corrected chi connectivity index (χ1v) is 9.59. The number of hydrogen-bond donors (Lipinski definition) is 2. The van der Waals surface area contributed by atoms with E-state index in [9.17, 15) is 14.9 Å². The third kappa shape index (κ3) is 6.14. The van der Waals surface area contributed by atoms with Gasteiger partial charge in [0, 0.05) is 6.54 Å². The summed E-state index contributed by atoms with van der Waals surface area (Å²) < 4.78 is 10.7. The molecule has 2 aromatic rings. The van der Waals surface area contributed by atoms with Gasteiger partial charge < -0.3 is 20.1 Å². The van der Waals surface area contributed by atoms with E-state index in [4.69, 9.17) is 32.7 Å². The highest BCUT2D eigenvalue weighted by molar-refractivity contribution is 6.44. The molecule has 0 fully saturated rings. The first-order valence-electron chi connectivity index (χ1n) is 8.84. The summed E-state index contributed by atoms with van der Waals surface area (Å²) in [7, 11) is 1.45. The molecule has 0 aliphatic rings. The lowest BCUT2D eigenvalue weighted by atomic mass is 10.1. The van der Waals surface area contributed by atoms with E-state index in [1.54, 1.807) is 36.4 Å². The summed E-state index contributed by atoms with van der Waals surface area (Å²) in [6.07, 6.45) is 1.39. The van der Waals surface area contributed by atoms with E-state index in [1.807, 2.05) is 13.0 Å². The smallest absolute Gasteiger partial charge is 0.266 e. The van der Waals surface area contributed by atoms with E-state index in [0.29, 0.717) is 29.3 Å². The minimum Gasteiger partial charge on any atom is -0.493 e. The van der Waals surface area contributed by atoms with Crippen LogP contribution in [0.25, 0.3) is 6.08 Å². The summed E-state index contributed by atoms with van der Waals surface area (Å²) in [6, 6.07) is 11.5. The molecule has 156 valence electrons. The molecular weight excluding hydrogens is 429 g/mol. The van der Waals surface area contributed by atoms with Gasteiger partial charge in [0.2, 0.25) is 0 Å². The maximum absolute atomic E-state index is 12.5. The number of nitriles is 1. The number of halogens is 2. The van der Waals surface area contributed by atoms with Crippen molar-refractivity contribution >= 4 is 46.8 Å². The Morgan fingerprint density at radius 1 is 1.20 bits per heavy atom. The summed E-state index contributed by atoms with van der Waals surface area (Å²) >= 11 is 12.0. The summed E-state index contributed by atoms with van der Waals surface area (Å²) in [4.78, 5) is 24.0. The third-order valence-corrected chi connectivity index (χ3v) is 4.62. The molecule has 7 nitrogen and oxygen atoms in total. The number of carbonyl (C=O) groups is 2. The van der Waals surface area contributed by atoms with Crippen LogP contribution in [0.2, 0.25) is 10.0 Å². The molecule has 0 unspecified atom stereocenters. The van der Waals surface area contributed by atoms with Gasteiger partial charge in [-0.25, -0.2) is 0 Å². The van der Waals surface area contributed by atoms with Gasteiger partial charge in [0.05, 0.1) is 22.8 Å². The Morgan fingerprint density at radius 2 is 1.97 bits per heavy atom.